The Morgan fingerprint density at radius 2 is 2.17 bits per heavy atom. The van der Waals surface area contributed by atoms with Crippen molar-refractivity contribution < 1.29 is 14.3 Å². The van der Waals surface area contributed by atoms with E-state index in [4.69, 9.17) is 4.74 Å². The van der Waals surface area contributed by atoms with E-state index in [0.29, 0.717) is 24.5 Å². The summed E-state index contributed by atoms with van der Waals surface area (Å²) in [6, 6.07) is 5.08. The van der Waals surface area contributed by atoms with Gasteiger partial charge in [0.25, 0.3) is 0 Å². The Hall–Kier alpha value is -3.03. The van der Waals surface area contributed by atoms with Crippen molar-refractivity contribution in [3.05, 3.63) is 36.2 Å². The topological polar surface area (TPSA) is 99.3 Å². The number of hydrogen-bond donors (Lipinski definition) is 3. The van der Waals surface area contributed by atoms with Gasteiger partial charge in [0.1, 0.15) is 0 Å². The van der Waals surface area contributed by atoms with Gasteiger partial charge in [-0.3, -0.25) is 10.00 Å². The molecule has 3 N–H and O–H groups in total. The highest BCUT2D eigenvalue weighted by atomic mass is 16.6. The quantitative estimate of drug-likeness (QED) is 0.810. The number of H-pyrrole nitrogens is 1. The summed E-state index contributed by atoms with van der Waals surface area (Å²) in [5.41, 5.74) is 3.07. The highest BCUT2D eigenvalue weighted by Crippen LogP contribution is 2.31. The number of nitrogens with zero attached hydrogens (tertiary/aromatic N) is 2. The third kappa shape index (κ3) is 3.25. The first-order valence-corrected chi connectivity index (χ1v) is 7.31. The molecule has 0 fully saturated rings. The molecule has 1 aromatic carbocycles. The molecule has 8 nitrogen and oxygen atoms in total. The summed E-state index contributed by atoms with van der Waals surface area (Å²) in [5, 5.41) is 11.8. The number of aromatic amines is 1. The van der Waals surface area contributed by atoms with Gasteiger partial charge in [-0.1, -0.05) is 0 Å². The normalized spacial score (nSPS) is 12.7. The predicted molar refractivity (Wildman–Crippen MR) is 85.7 cm³/mol. The van der Waals surface area contributed by atoms with Crippen LogP contribution in [0, 0.1) is 0 Å². The lowest BCUT2D eigenvalue weighted by molar-refractivity contribution is 0.160. The first-order valence-electron chi connectivity index (χ1n) is 7.31. The molecule has 0 unspecified atom stereocenters. The number of fused-ring (bicyclic) bond motifs is 1. The largest absolute Gasteiger partial charge is 0.449 e. The van der Waals surface area contributed by atoms with Gasteiger partial charge in [-0.2, -0.15) is 5.10 Å². The van der Waals surface area contributed by atoms with Crippen LogP contribution in [0.5, 0.6) is 0 Å². The van der Waals surface area contributed by atoms with Crippen molar-refractivity contribution in [2.24, 2.45) is 0 Å². The standard InChI is InChI=1S/C15H17N5O3/c1-2-23-15(22)20-6-5-10-7-11(3-4-13(10)20)18-14(21)19-12-8-16-17-9-12/h3-4,7-9H,2,5-6H2,1H3,(H,16,17)(H2,18,19,21). The Kier molecular flexibility index (Phi) is 4.13. The lowest BCUT2D eigenvalue weighted by atomic mass is 10.1. The van der Waals surface area contributed by atoms with Gasteiger partial charge in [-0.05, 0) is 37.1 Å². The van der Waals surface area contributed by atoms with Crippen molar-refractivity contribution in [1.82, 2.24) is 10.2 Å². The fourth-order valence-corrected chi connectivity index (χ4v) is 2.48. The highest BCUT2D eigenvalue weighted by Gasteiger charge is 2.25. The van der Waals surface area contributed by atoms with Crippen LogP contribution in [0.1, 0.15) is 12.5 Å². The summed E-state index contributed by atoms with van der Waals surface area (Å²) >= 11 is 0. The van der Waals surface area contributed by atoms with Gasteiger partial charge in [0, 0.05) is 18.4 Å². The fraction of sp³-hybridized carbons (Fsp3) is 0.267. The van der Waals surface area contributed by atoms with Gasteiger partial charge in [-0.15, -0.1) is 0 Å². The number of amides is 3. The first kappa shape index (κ1) is 14.9. The molecule has 3 rings (SSSR count). The van der Waals surface area contributed by atoms with Crippen LogP contribution in [0.3, 0.4) is 0 Å². The zero-order chi connectivity index (χ0) is 16.2. The molecule has 2 heterocycles. The van der Waals surface area contributed by atoms with E-state index in [2.05, 4.69) is 20.8 Å². The maximum absolute atomic E-state index is 11.9. The summed E-state index contributed by atoms with van der Waals surface area (Å²) in [4.78, 5) is 25.4. The van der Waals surface area contributed by atoms with Crippen LogP contribution in [-0.2, 0) is 11.2 Å². The molecule has 8 heteroatoms. The maximum Gasteiger partial charge on any atom is 0.414 e. The molecule has 0 saturated heterocycles. The van der Waals surface area contributed by atoms with E-state index in [-0.39, 0.29) is 12.1 Å². The van der Waals surface area contributed by atoms with E-state index in [0.717, 1.165) is 17.7 Å². The van der Waals surface area contributed by atoms with Crippen LogP contribution < -0.4 is 15.5 Å². The van der Waals surface area contributed by atoms with Crippen molar-refractivity contribution in [3.8, 4) is 0 Å². The van der Waals surface area contributed by atoms with Crippen LogP contribution in [0.15, 0.2) is 30.6 Å². The third-order valence-corrected chi connectivity index (χ3v) is 3.48. The minimum absolute atomic E-state index is 0.343. The second kappa shape index (κ2) is 6.39. The summed E-state index contributed by atoms with van der Waals surface area (Å²) in [6.07, 6.45) is 3.48. The minimum atomic E-state index is -0.355. The Morgan fingerprint density at radius 3 is 2.91 bits per heavy atom. The van der Waals surface area contributed by atoms with Crippen LogP contribution in [0.2, 0.25) is 0 Å². The molecule has 0 atom stereocenters. The molecule has 1 aliphatic heterocycles. The molecule has 0 aliphatic carbocycles. The van der Waals surface area contributed by atoms with E-state index in [9.17, 15) is 9.59 Å². The van der Waals surface area contributed by atoms with Crippen LogP contribution in [-0.4, -0.2) is 35.5 Å². The van der Waals surface area contributed by atoms with Crippen molar-refractivity contribution in [2.45, 2.75) is 13.3 Å². The Morgan fingerprint density at radius 1 is 1.35 bits per heavy atom. The SMILES string of the molecule is CCOC(=O)N1CCc2cc(NC(=O)Nc3cn[nH]c3)ccc21. The minimum Gasteiger partial charge on any atom is -0.449 e. The van der Waals surface area contributed by atoms with Gasteiger partial charge >= 0.3 is 12.1 Å². The fourth-order valence-electron chi connectivity index (χ4n) is 2.48. The van der Waals surface area contributed by atoms with Crippen LogP contribution in [0.25, 0.3) is 0 Å². The second-order valence-electron chi connectivity index (χ2n) is 5.01. The smallest absolute Gasteiger partial charge is 0.414 e. The van der Waals surface area contributed by atoms with Crippen LogP contribution in [0.4, 0.5) is 26.7 Å². The van der Waals surface area contributed by atoms with E-state index in [1.54, 1.807) is 24.1 Å². The highest BCUT2D eigenvalue weighted by molar-refractivity contribution is 6.00. The molecular weight excluding hydrogens is 298 g/mol. The molecule has 2 aromatic rings. The number of hydrogen-bond acceptors (Lipinski definition) is 4. The van der Waals surface area contributed by atoms with Crippen molar-refractivity contribution in [3.63, 3.8) is 0 Å². The number of benzene rings is 1. The zero-order valence-corrected chi connectivity index (χ0v) is 12.6. The first-order chi connectivity index (χ1) is 11.2. The molecule has 0 bridgehead atoms. The molecule has 1 aliphatic rings. The summed E-state index contributed by atoms with van der Waals surface area (Å²) in [6.45, 7) is 2.71. The van der Waals surface area contributed by atoms with Crippen molar-refractivity contribution >= 4 is 29.2 Å². The second-order valence-corrected chi connectivity index (χ2v) is 5.01. The average Bonchev–Trinajstić information content (AvgIpc) is 3.16. The van der Waals surface area contributed by atoms with Gasteiger partial charge < -0.3 is 15.4 Å². The number of anilines is 3. The monoisotopic (exact) mass is 315 g/mol. The molecule has 120 valence electrons. The van der Waals surface area contributed by atoms with Crippen molar-refractivity contribution in [2.75, 3.05) is 28.7 Å². The number of aromatic nitrogens is 2. The van der Waals surface area contributed by atoms with Gasteiger partial charge in [0.05, 0.1) is 24.2 Å². The number of nitrogens with one attached hydrogen (secondary N) is 3. The number of carbonyl (C=O) groups excluding carboxylic acids is 2. The van der Waals surface area contributed by atoms with Gasteiger partial charge in [-0.25, -0.2) is 9.59 Å². The molecule has 0 radical (unpaired) electrons. The van der Waals surface area contributed by atoms with Crippen LogP contribution >= 0.6 is 0 Å². The lowest BCUT2D eigenvalue weighted by Crippen LogP contribution is -2.29. The molecule has 3 amide bonds. The number of carbonyl (C=O) groups is 2. The summed E-state index contributed by atoms with van der Waals surface area (Å²) < 4.78 is 5.03. The van der Waals surface area contributed by atoms with Crippen molar-refractivity contribution in [1.29, 1.82) is 0 Å². The van der Waals surface area contributed by atoms with Gasteiger partial charge in [0.15, 0.2) is 0 Å². The Bertz CT molecular complexity index is 714. The Balaban J connectivity index is 1.67. The number of rotatable bonds is 3. The molecule has 0 saturated carbocycles. The predicted octanol–water partition coefficient (Wildman–Crippen LogP) is 2.57. The molecule has 0 spiro atoms. The van der Waals surface area contributed by atoms with E-state index in [1.165, 1.54) is 6.20 Å². The molecular formula is C15H17N5O3. The van der Waals surface area contributed by atoms with E-state index in [1.807, 2.05) is 12.1 Å². The summed E-state index contributed by atoms with van der Waals surface area (Å²) in [5.74, 6) is 0. The molecule has 23 heavy (non-hydrogen) atoms. The van der Waals surface area contributed by atoms with E-state index >= 15 is 0 Å². The zero-order valence-electron chi connectivity index (χ0n) is 12.6. The number of urea groups is 1. The summed E-state index contributed by atoms with van der Waals surface area (Å²) in [7, 11) is 0. The lowest BCUT2D eigenvalue weighted by Gasteiger charge is -2.16. The maximum atomic E-state index is 11.9. The average molecular weight is 315 g/mol. The van der Waals surface area contributed by atoms with Gasteiger partial charge in [0.2, 0.25) is 0 Å². The number of ether oxygens (including phenoxy) is 1. The molecule has 1 aromatic heterocycles. The Labute approximate surface area is 132 Å². The van der Waals surface area contributed by atoms with E-state index < -0.39 is 0 Å². The third-order valence-electron chi connectivity index (χ3n) is 3.48.